The molecule has 0 bridgehead atoms. The van der Waals surface area contributed by atoms with Gasteiger partial charge in [0.2, 0.25) is 0 Å². The third-order valence-electron chi connectivity index (χ3n) is 4.47. The van der Waals surface area contributed by atoms with E-state index in [0.29, 0.717) is 6.61 Å². The second-order valence-corrected chi connectivity index (χ2v) is 6.66. The number of hydrogen-bond donors (Lipinski definition) is 1. The topological polar surface area (TPSA) is 81.0 Å². The van der Waals surface area contributed by atoms with Crippen molar-refractivity contribution >= 4 is 23.1 Å². The lowest BCUT2D eigenvalue weighted by Gasteiger charge is -2.15. The highest BCUT2D eigenvalue weighted by molar-refractivity contribution is 6.21. The van der Waals surface area contributed by atoms with Crippen molar-refractivity contribution in [2.24, 2.45) is 5.16 Å². The third-order valence-corrected chi connectivity index (χ3v) is 4.47. The van der Waals surface area contributed by atoms with Gasteiger partial charge in [0.1, 0.15) is 12.4 Å². The maximum atomic E-state index is 10.6. The molecule has 3 aromatic rings. The summed E-state index contributed by atoms with van der Waals surface area (Å²) in [6.07, 6.45) is 3.20. The summed E-state index contributed by atoms with van der Waals surface area (Å²) in [5, 5.41) is 13.3. The number of aromatic nitrogens is 1. The zero-order valence-electron chi connectivity index (χ0n) is 16.3. The fourth-order valence-corrected chi connectivity index (χ4v) is 2.94. The Balaban J connectivity index is 1.63. The molecule has 0 aliphatic heterocycles. The first-order chi connectivity index (χ1) is 14.2. The molecule has 1 unspecified atom stereocenters. The summed E-state index contributed by atoms with van der Waals surface area (Å²) in [6, 6.07) is 19.6. The Bertz CT molecular complexity index is 970. The Hall–Kier alpha value is -3.41. The van der Waals surface area contributed by atoms with Crippen LogP contribution in [-0.4, -0.2) is 22.3 Å². The van der Waals surface area contributed by atoms with Gasteiger partial charge in [-0.05, 0) is 42.7 Å². The van der Waals surface area contributed by atoms with Gasteiger partial charge in [0.25, 0.3) is 0 Å². The molecule has 150 valence electrons. The molecule has 1 heterocycles. The molecule has 0 aliphatic carbocycles. The second kappa shape index (κ2) is 10.2. The van der Waals surface area contributed by atoms with Gasteiger partial charge >= 0.3 is 5.97 Å². The van der Waals surface area contributed by atoms with Crippen LogP contribution >= 0.6 is 0 Å². The predicted molar refractivity (Wildman–Crippen MR) is 112 cm³/mol. The number of pyridine rings is 1. The van der Waals surface area contributed by atoms with Crippen molar-refractivity contribution in [1.82, 2.24) is 4.98 Å². The smallest absolute Gasteiger partial charge is 0.350 e. The van der Waals surface area contributed by atoms with E-state index >= 15 is 0 Å². The minimum Gasteiger partial charge on any atom is -0.487 e. The van der Waals surface area contributed by atoms with Gasteiger partial charge in [-0.25, -0.2) is 9.78 Å². The van der Waals surface area contributed by atoms with Crippen molar-refractivity contribution in [2.75, 3.05) is 0 Å². The number of para-hydroxylation sites is 1. The van der Waals surface area contributed by atoms with Crippen LogP contribution in [-0.2, 0) is 16.2 Å². The lowest BCUT2D eigenvalue weighted by molar-refractivity contribution is -0.129. The number of oxime groups is 1. The molecule has 0 amide bonds. The van der Waals surface area contributed by atoms with Crippen LogP contribution in [0, 0.1) is 0 Å². The lowest BCUT2D eigenvalue weighted by Crippen LogP contribution is -2.04. The Morgan fingerprint density at radius 1 is 1.14 bits per heavy atom. The van der Waals surface area contributed by atoms with Crippen LogP contribution in [0.25, 0.3) is 10.9 Å². The van der Waals surface area contributed by atoms with E-state index in [0.717, 1.165) is 53.4 Å². The molecule has 1 aromatic heterocycles. The molecule has 0 fully saturated rings. The number of carboxylic acids is 1. The molecule has 6 heteroatoms. The molecule has 3 rings (SSSR count). The molecule has 6 nitrogen and oxygen atoms in total. The molecule has 1 atom stereocenters. The van der Waals surface area contributed by atoms with Crippen LogP contribution in [0.5, 0.6) is 5.75 Å². The number of carboxylic acid groups (broad SMARTS) is 1. The predicted octanol–water partition coefficient (Wildman–Crippen LogP) is 5.13. The molecule has 0 spiro atoms. The summed E-state index contributed by atoms with van der Waals surface area (Å²) in [4.78, 5) is 20.6. The second-order valence-electron chi connectivity index (χ2n) is 6.66. The summed E-state index contributed by atoms with van der Waals surface area (Å²) in [5.74, 6) is -0.405. The fraction of sp³-hybridized carbons (Fsp3) is 0.261. The standard InChI is InChI=1S/C23H24N2O4/c1-2-3-8-22(29-24-15-23(26)27)18-10-13-20(14-11-18)28-16-19-12-9-17-6-4-5-7-21(17)25-19/h4-7,9-15,22H,2-3,8,16H2,1H3,(H,26,27)/b24-15+. The zero-order valence-corrected chi connectivity index (χ0v) is 16.3. The number of unbranched alkanes of at least 4 members (excludes halogenated alkanes) is 1. The number of nitrogens with zero attached hydrogens (tertiary/aromatic N) is 2. The van der Waals surface area contributed by atoms with Crippen LogP contribution in [0.15, 0.2) is 65.8 Å². The maximum Gasteiger partial charge on any atom is 0.350 e. The van der Waals surface area contributed by atoms with Crippen LogP contribution < -0.4 is 4.74 Å². The van der Waals surface area contributed by atoms with E-state index in [1.54, 1.807) is 0 Å². The molecule has 1 N–H and O–H groups in total. The van der Waals surface area contributed by atoms with Gasteiger partial charge in [-0.3, -0.25) is 0 Å². The lowest BCUT2D eigenvalue weighted by atomic mass is 10.0. The van der Waals surface area contributed by atoms with Gasteiger partial charge in [-0.1, -0.05) is 54.9 Å². The summed E-state index contributed by atoms with van der Waals surface area (Å²) < 4.78 is 5.86. The van der Waals surface area contributed by atoms with E-state index in [-0.39, 0.29) is 6.10 Å². The summed E-state index contributed by atoms with van der Waals surface area (Å²) >= 11 is 0. The summed E-state index contributed by atoms with van der Waals surface area (Å²) in [5.41, 5.74) is 2.74. The molecule has 0 saturated heterocycles. The number of carbonyl (C=O) groups is 1. The molecule has 0 aliphatic rings. The highest BCUT2D eigenvalue weighted by Crippen LogP contribution is 2.26. The van der Waals surface area contributed by atoms with E-state index in [4.69, 9.17) is 14.7 Å². The van der Waals surface area contributed by atoms with Gasteiger partial charge in [-0.2, -0.15) is 0 Å². The minimum atomic E-state index is -1.13. The van der Waals surface area contributed by atoms with Crippen molar-refractivity contribution in [3.8, 4) is 5.75 Å². The number of fused-ring (bicyclic) bond motifs is 1. The van der Waals surface area contributed by atoms with E-state index in [1.165, 1.54) is 0 Å². The van der Waals surface area contributed by atoms with Gasteiger partial charge in [0, 0.05) is 5.39 Å². The molecule has 0 saturated carbocycles. The first kappa shape index (κ1) is 20.3. The van der Waals surface area contributed by atoms with Gasteiger partial charge < -0.3 is 14.7 Å². The number of ether oxygens (including phenoxy) is 1. The van der Waals surface area contributed by atoms with Crippen molar-refractivity contribution in [2.45, 2.75) is 38.9 Å². The number of benzene rings is 2. The third kappa shape index (κ3) is 6.04. The molecule has 29 heavy (non-hydrogen) atoms. The van der Waals surface area contributed by atoms with E-state index in [1.807, 2.05) is 60.7 Å². The fourth-order valence-electron chi connectivity index (χ4n) is 2.94. The Kier molecular flexibility index (Phi) is 7.16. The zero-order chi connectivity index (χ0) is 20.5. The number of hydrogen-bond acceptors (Lipinski definition) is 5. The van der Waals surface area contributed by atoms with Crippen molar-refractivity contribution in [3.05, 3.63) is 71.9 Å². The average molecular weight is 392 g/mol. The highest BCUT2D eigenvalue weighted by atomic mass is 16.6. The highest BCUT2D eigenvalue weighted by Gasteiger charge is 2.13. The molecular formula is C23H24N2O4. The minimum absolute atomic E-state index is 0.290. The number of rotatable bonds is 10. The Labute approximate surface area is 169 Å². The SMILES string of the molecule is CCCCC(O/N=C/C(=O)O)c1ccc(OCc2ccc3ccccc3n2)cc1. The van der Waals surface area contributed by atoms with Crippen molar-refractivity contribution in [3.63, 3.8) is 0 Å². The summed E-state index contributed by atoms with van der Waals surface area (Å²) in [7, 11) is 0. The molecule has 2 aromatic carbocycles. The monoisotopic (exact) mass is 392 g/mol. The van der Waals surface area contributed by atoms with Crippen LogP contribution in [0.1, 0.15) is 43.5 Å². The molecular weight excluding hydrogens is 368 g/mol. The van der Waals surface area contributed by atoms with Crippen molar-refractivity contribution < 1.29 is 19.5 Å². The van der Waals surface area contributed by atoms with E-state index in [9.17, 15) is 4.79 Å². The van der Waals surface area contributed by atoms with Crippen LogP contribution in [0.2, 0.25) is 0 Å². The Morgan fingerprint density at radius 2 is 1.93 bits per heavy atom. The summed E-state index contributed by atoms with van der Waals surface area (Å²) in [6.45, 7) is 2.47. The molecule has 0 radical (unpaired) electrons. The Morgan fingerprint density at radius 3 is 2.69 bits per heavy atom. The van der Waals surface area contributed by atoms with Crippen LogP contribution in [0.4, 0.5) is 0 Å². The number of aliphatic carboxylic acids is 1. The average Bonchev–Trinajstić information content (AvgIpc) is 2.75. The van der Waals surface area contributed by atoms with E-state index < -0.39 is 5.97 Å². The van der Waals surface area contributed by atoms with E-state index in [2.05, 4.69) is 17.1 Å². The van der Waals surface area contributed by atoms with Gasteiger partial charge in [0.15, 0.2) is 12.3 Å². The van der Waals surface area contributed by atoms with Crippen LogP contribution in [0.3, 0.4) is 0 Å². The largest absolute Gasteiger partial charge is 0.487 e. The quantitative estimate of drug-likeness (QED) is 0.382. The van der Waals surface area contributed by atoms with Gasteiger partial charge in [0.05, 0.1) is 11.2 Å². The first-order valence-corrected chi connectivity index (χ1v) is 9.65. The first-order valence-electron chi connectivity index (χ1n) is 9.65. The normalized spacial score (nSPS) is 12.2. The van der Waals surface area contributed by atoms with Gasteiger partial charge in [-0.15, -0.1) is 0 Å². The maximum absolute atomic E-state index is 10.6. The van der Waals surface area contributed by atoms with Crippen molar-refractivity contribution in [1.29, 1.82) is 0 Å².